The summed E-state index contributed by atoms with van der Waals surface area (Å²) in [5.74, 6) is -12.8. The van der Waals surface area contributed by atoms with Crippen LogP contribution in [-0.4, -0.2) is 29.6 Å². The lowest BCUT2D eigenvalue weighted by atomic mass is 10.1. The Morgan fingerprint density at radius 3 is 1.68 bits per heavy atom. The number of carbonyl (C=O) groups excluding carboxylic acids is 1. The SMILES string of the molecule is CC(C)(C)OC(=O)CCC(F)(F)C(F)(F)C(F)(F)F. The van der Waals surface area contributed by atoms with E-state index in [2.05, 4.69) is 4.74 Å². The first-order valence-corrected chi connectivity index (χ1v) is 5.14. The fourth-order valence-electron chi connectivity index (χ4n) is 1.02. The zero-order valence-corrected chi connectivity index (χ0v) is 10.4. The van der Waals surface area contributed by atoms with Gasteiger partial charge in [0.05, 0.1) is 6.42 Å². The Morgan fingerprint density at radius 1 is 0.947 bits per heavy atom. The first-order chi connectivity index (χ1) is 8.10. The van der Waals surface area contributed by atoms with Crippen molar-refractivity contribution in [2.45, 2.75) is 57.2 Å². The lowest BCUT2D eigenvalue weighted by Crippen LogP contribution is -2.52. The van der Waals surface area contributed by atoms with Gasteiger partial charge in [-0.25, -0.2) is 0 Å². The van der Waals surface area contributed by atoms with Crippen LogP contribution >= 0.6 is 0 Å². The second kappa shape index (κ2) is 5.16. The standard InChI is InChI=1S/C10H13F7O2/c1-7(2,3)19-6(18)4-5-8(11,12)9(13,14)10(15,16)17/h4-5H2,1-3H3. The number of hydrogen-bond acceptors (Lipinski definition) is 2. The molecule has 0 aliphatic rings. The van der Waals surface area contributed by atoms with Crippen molar-refractivity contribution in [1.82, 2.24) is 0 Å². The molecule has 2 nitrogen and oxygen atoms in total. The number of ether oxygens (including phenoxy) is 1. The van der Waals surface area contributed by atoms with E-state index < -0.39 is 42.4 Å². The van der Waals surface area contributed by atoms with Crippen molar-refractivity contribution in [3.05, 3.63) is 0 Å². The maximum atomic E-state index is 12.8. The molecule has 0 unspecified atom stereocenters. The second-order valence-corrected chi connectivity index (χ2v) is 4.86. The highest BCUT2D eigenvalue weighted by molar-refractivity contribution is 5.69. The van der Waals surface area contributed by atoms with E-state index in [4.69, 9.17) is 0 Å². The predicted octanol–water partition coefficient (Wildman–Crippen LogP) is 3.94. The smallest absolute Gasteiger partial charge is 0.459 e. The Bertz CT molecular complexity index is 328. The van der Waals surface area contributed by atoms with E-state index in [0.717, 1.165) is 0 Å². The third kappa shape index (κ3) is 4.87. The quantitative estimate of drug-likeness (QED) is 0.580. The van der Waals surface area contributed by atoms with Gasteiger partial charge in [0.1, 0.15) is 5.60 Å². The fraction of sp³-hybridized carbons (Fsp3) is 0.900. The molecule has 0 atom stereocenters. The van der Waals surface area contributed by atoms with Gasteiger partial charge in [-0.05, 0) is 20.8 Å². The zero-order chi connectivity index (χ0) is 15.7. The highest BCUT2D eigenvalue weighted by Crippen LogP contribution is 2.48. The van der Waals surface area contributed by atoms with E-state index >= 15 is 0 Å². The van der Waals surface area contributed by atoms with E-state index in [9.17, 15) is 35.5 Å². The van der Waals surface area contributed by atoms with Crippen LogP contribution in [0.1, 0.15) is 33.6 Å². The predicted molar refractivity (Wildman–Crippen MR) is 51.0 cm³/mol. The largest absolute Gasteiger partial charge is 0.460 e. The average Bonchev–Trinajstić information content (AvgIpc) is 2.10. The number of esters is 1. The molecule has 9 heteroatoms. The summed E-state index contributed by atoms with van der Waals surface area (Å²) in [6, 6.07) is 0. The van der Waals surface area contributed by atoms with Crippen LogP contribution in [0, 0.1) is 0 Å². The summed E-state index contributed by atoms with van der Waals surface area (Å²) in [5.41, 5.74) is -1.04. The molecule has 0 fully saturated rings. The van der Waals surface area contributed by atoms with E-state index in [0.29, 0.717) is 0 Å². The molecule has 0 saturated heterocycles. The van der Waals surface area contributed by atoms with Crippen LogP contribution < -0.4 is 0 Å². The van der Waals surface area contributed by atoms with Gasteiger partial charge >= 0.3 is 24.0 Å². The van der Waals surface area contributed by atoms with E-state index in [1.165, 1.54) is 20.8 Å². The van der Waals surface area contributed by atoms with Crippen molar-refractivity contribution < 1.29 is 40.3 Å². The van der Waals surface area contributed by atoms with Crippen molar-refractivity contribution in [1.29, 1.82) is 0 Å². The Balaban J connectivity index is 4.68. The molecule has 0 aromatic carbocycles. The highest BCUT2D eigenvalue weighted by Gasteiger charge is 2.72. The molecular formula is C10H13F7O2. The molecule has 114 valence electrons. The third-order valence-electron chi connectivity index (χ3n) is 1.88. The number of halogens is 7. The van der Waals surface area contributed by atoms with Crippen LogP contribution in [0.15, 0.2) is 0 Å². The number of alkyl halides is 7. The molecule has 0 amide bonds. The molecule has 0 aliphatic carbocycles. The van der Waals surface area contributed by atoms with Gasteiger partial charge < -0.3 is 4.74 Å². The third-order valence-corrected chi connectivity index (χ3v) is 1.88. The Kier molecular flexibility index (Phi) is 4.89. The Labute approximate surface area is 104 Å². The van der Waals surface area contributed by atoms with Crippen molar-refractivity contribution in [3.63, 3.8) is 0 Å². The number of hydrogen-bond donors (Lipinski definition) is 0. The van der Waals surface area contributed by atoms with Crippen LogP contribution in [0.25, 0.3) is 0 Å². The summed E-state index contributed by atoms with van der Waals surface area (Å²) < 4.78 is 90.4. The highest BCUT2D eigenvalue weighted by atomic mass is 19.4. The minimum absolute atomic E-state index is 1.04. The summed E-state index contributed by atoms with van der Waals surface area (Å²) in [7, 11) is 0. The van der Waals surface area contributed by atoms with E-state index in [1.807, 2.05) is 0 Å². The van der Waals surface area contributed by atoms with Gasteiger partial charge in [-0.3, -0.25) is 4.79 Å². The molecule has 0 rings (SSSR count). The molecular weight excluding hydrogens is 285 g/mol. The molecule has 0 heterocycles. The lowest BCUT2D eigenvalue weighted by Gasteiger charge is -2.28. The number of rotatable bonds is 4. The molecule has 0 aromatic rings. The molecule has 0 aromatic heterocycles. The van der Waals surface area contributed by atoms with Crippen molar-refractivity contribution in [3.8, 4) is 0 Å². The maximum absolute atomic E-state index is 12.8. The summed E-state index contributed by atoms with van der Waals surface area (Å²) >= 11 is 0. The molecule has 19 heavy (non-hydrogen) atoms. The summed E-state index contributed by atoms with van der Waals surface area (Å²) in [6.07, 6.45) is -9.57. The van der Waals surface area contributed by atoms with E-state index in [1.54, 1.807) is 0 Å². The molecule has 0 aliphatic heterocycles. The summed E-state index contributed by atoms with van der Waals surface area (Å²) in [5, 5.41) is 0. The van der Waals surface area contributed by atoms with Gasteiger partial charge in [0.15, 0.2) is 0 Å². The second-order valence-electron chi connectivity index (χ2n) is 4.86. The van der Waals surface area contributed by atoms with Crippen molar-refractivity contribution in [2.24, 2.45) is 0 Å². The van der Waals surface area contributed by atoms with Gasteiger partial charge in [0, 0.05) is 6.42 Å². The Morgan fingerprint density at radius 2 is 1.37 bits per heavy atom. The maximum Gasteiger partial charge on any atom is 0.459 e. The van der Waals surface area contributed by atoms with Crippen LogP contribution in [-0.2, 0) is 9.53 Å². The fourth-order valence-corrected chi connectivity index (χ4v) is 1.02. The van der Waals surface area contributed by atoms with Gasteiger partial charge in [0.2, 0.25) is 0 Å². The van der Waals surface area contributed by atoms with Crippen LogP contribution in [0.2, 0.25) is 0 Å². The van der Waals surface area contributed by atoms with Crippen molar-refractivity contribution >= 4 is 5.97 Å². The molecule has 0 bridgehead atoms. The first kappa shape index (κ1) is 18.0. The van der Waals surface area contributed by atoms with Crippen LogP contribution in [0.4, 0.5) is 30.7 Å². The molecule has 0 saturated carbocycles. The normalized spacial score (nSPS) is 14.4. The van der Waals surface area contributed by atoms with Gasteiger partial charge in [0.25, 0.3) is 0 Å². The summed E-state index contributed by atoms with van der Waals surface area (Å²) in [4.78, 5) is 11.0. The van der Waals surface area contributed by atoms with E-state index in [-0.39, 0.29) is 0 Å². The van der Waals surface area contributed by atoms with Gasteiger partial charge in [-0.1, -0.05) is 0 Å². The molecule has 0 radical (unpaired) electrons. The minimum Gasteiger partial charge on any atom is -0.460 e. The van der Waals surface area contributed by atoms with Gasteiger partial charge in [-0.2, -0.15) is 30.7 Å². The topological polar surface area (TPSA) is 26.3 Å². The molecule has 0 spiro atoms. The van der Waals surface area contributed by atoms with Crippen LogP contribution in [0.3, 0.4) is 0 Å². The van der Waals surface area contributed by atoms with Gasteiger partial charge in [-0.15, -0.1) is 0 Å². The van der Waals surface area contributed by atoms with Crippen LogP contribution in [0.5, 0.6) is 0 Å². The first-order valence-electron chi connectivity index (χ1n) is 5.14. The Hall–Kier alpha value is -1.02. The van der Waals surface area contributed by atoms with Crippen molar-refractivity contribution in [2.75, 3.05) is 0 Å². The minimum atomic E-state index is -6.38. The number of carbonyl (C=O) groups is 1. The average molecular weight is 298 g/mol. The zero-order valence-electron chi connectivity index (χ0n) is 10.4. The monoisotopic (exact) mass is 298 g/mol. The molecule has 0 N–H and O–H groups in total. The lowest BCUT2D eigenvalue weighted by molar-refractivity contribution is -0.355. The summed E-state index contributed by atoms with van der Waals surface area (Å²) in [6.45, 7) is 4.19.